The molecule has 0 saturated heterocycles. The molecule has 144 valence electrons. The first-order valence-electron chi connectivity index (χ1n) is 8.67. The molecular formula is C21H23F3N2O. The van der Waals surface area contributed by atoms with Crippen molar-refractivity contribution in [2.45, 2.75) is 32.1 Å². The molecule has 1 aliphatic rings. The molecule has 0 radical (unpaired) electrons. The highest BCUT2D eigenvalue weighted by atomic mass is 19.4. The zero-order valence-electron chi connectivity index (χ0n) is 15.2. The third-order valence-corrected chi connectivity index (χ3v) is 4.26. The molecule has 1 heterocycles. The average Bonchev–Trinajstić information content (AvgIpc) is 2.64. The molecule has 1 N–H and O–H groups in total. The molecule has 2 aromatic rings. The van der Waals surface area contributed by atoms with E-state index in [2.05, 4.69) is 16.8 Å². The van der Waals surface area contributed by atoms with E-state index < -0.39 is 11.7 Å². The average molecular weight is 376 g/mol. The Balaban J connectivity index is 0.000000817. The Bertz CT molecular complexity index is 757. The van der Waals surface area contributed by atoms with Gasteiger partial charge in [0.15, 0.2) is 0 Å². The number of halogens is 3. The van der Waals surface area contributed by atoms with Crippen molar-refractivity contribution < 1.29 is 18.0 Å². The fourth-order valence-corrected chi connectivity index (χ4v) is 3.07. The summed E-state index contributed by atoms with van der Waals surface area (Å²) < 4.78 is 37.9. The van der Waals surface area contributed by atoms with E-state index in [0.29, 0.717) is 13.0 Å². The van der Waals surface area contributed by atoms with Crippen LogP contribution in [0.1, 0.15) is 36.1 Å². The van der Waals surface area contributed by atoms with Gasteiger partial charge < -0.3 is 10.2 Å². The quantitative estimate of drug-likeness (QED) is 0.595. The molecule has 6 heteroatoms. The monoisotopic (exact) mass is 376 g/mol. The van der Waals surface area contributed by atoms with Gasteiger partial charge in [0.05, 0.1) is 11.6 Å². The van der Waals surface area contributed by atoms with Crippen LogP contribution in [0.5, 0.6) is 0 Å². The van der Waals surface area contributed by atoms with Crippen molar-refractivity contribution in [1.82, 2.24) is 5.32 Å². The van der Waals surface area contributed by atoms with Gasteiger partial charge in [-0.05, 0) is 42.7 Å². The topological polar surface area (TPSA) is 32.3 Å². The van der Waals surface area contributed by atoms with E-state index in [9.17, 15) is 18.0 Å². The first-order chi connectivity index (χ1) is 12.9. The first-order valence-corrected chi connectivity index (χ1v) is 8.67. The van der Waals surface area contributed by atoms with Gasteiger partial charge in [-0.2, -0.15) is 13.2 Å². The standard InChI is InChI=1S/C18H17F3N2O.C3H6/c19-18(20,21)14-7-5-13(6-8-14)11-23-10-9-16(22-12-24)15-3-1-2-4-17(15)23;1-3-2/h1-8,12,16H,9-11H2,(H,22,24);3H,1H2,2H3. The molecule has 0 spiro atoms. The number of alkyl halides is 3. The Kier molecular flexibility index (Phi) is 7.05. The van der Waals surface area contributed by atoms with Gasteiger partial charge in [0.1, 0.15) is 0 Å². The minimum Gasteiger partial charge on any atom is -0.367 e. The van der Waals surface area contributed by atoms with E-state index in [-0.39, 0.29) is 6.04 Å². The molecule has 3 nitrogen and oxygen atoms in total. The van der Waals surface area contributed by atoms with Gasteiger partial charge in [-0.25, -0.2) is 0 Å². The van der Waals surface area contributed by atoms with E-state index in [0.717, 1.165) is 41.9 Å². The van der Waals surface area contributed by atoms with E-state index in [1.807, 2.05) is 31.2 Å². The number of allylic oxidation sites excluding steroid dienone is 1. The predicted octanol–water partition coefficient (Wildman–Crippen LogP) is 5.10. The molecule has 1 atom stereocenters. The third-order valence-electron chi connectivity index (χ3n) is 4.26. The Morgan fingerprint density at radius 2 is 1.81 bits per heavy atom. The Labute approximate surface area is 157 Å². The lowest BCUT2D eigenvalue weighted by atomic mass is 9.96. The molecule has 0 fully saturated rings. The van der Waals surface area contributed by atoms with Crippen molar-refractivity contribution in [3.8, 4) is 0 Å². The van der Waals surface area contributed by atoms with Crippen LogP contribution in [-0.4, -0.2) is 13.0 Å². The summed E-state index contributed by atoms with van der Waals surface area (Å²) in [7, 11) is 0. The van der Waals surface area contributed by atoms with E-state index in [4.69, 9.17) is 0 Å². The number of hydrogen-bond donors (Lipinski definition) is 1. The lowest BCUT2D eigenvalue weighted by Gasteiger charge is -2.35. The Morgan fingerprint density at radius 3 is 2.41 bits per heavy atom. The highest BCUT2D eigenvalue weighted by Gasteiger charge is 2.30. The van der Waals surface area contributed by atoms with Crippen LogP contribution in [-0.2, 0) is 17.5 Å². The molecular weight excluding hydrogens is 353 g/mol. The third kappa shape index (κ3) is 5.36. The maximum atomic E-state index is 12.6. The number of para-hydroxylation sites is 1. The molecule has 0 aromatic heterocycles. The van der Waals surface area contributed by atoms with Gasteiger partial charge >= 0.3 is 6.18 Å². The number of amides is 1. The summed E-state index contributed by atoms with van der Waals surface area (Å²) in [5.74, 6) is 0. The molecule has 0 aliphatic carbocycles. The zero-order valence-corrected chi connectivity index (χ0v) is 15.2. The zero-order chi connectivity index (χ0) is 19.9. The summed E-state index contributed by atoms with van der Waals surface area (Å²) in [6, 6.07) is 13.0. The summed E-state index contributed by atoms with van der Waals surface area (Å²) in [6.07, 6.45) is -1.10. The second-order valence-corrected chi connectivity index (χ2v) is 6.21. The number of benzene rings is 2. The minimum atomic E-state index is -4.32. The molecule has 1 aliphatic heterocycles. The van der Waals surface area contributed by atoms with Crippen LogP contribution < -0.4 is 10.2 Å². The van der Waals surface area contributed by atoms with Crippen molar-refractivity contribution >= 4 is 12.1 Å². The number of hydrogen-bond acceptors (Lipinski definition) is 2. The van der Waals surface area contributed by atoms with Crippen LogP contribution in [0.25, 0.3) is 0 Å². The van der Waals surface area contributed by atoms with Gasteiger partial charge in [-0.1, -0.05) is 36.4 Å². The number of anilines is 1. The van der Waals surface area contributed by atoms with Crippen molar-refractivity contribution in [1.29, 1.82) is 0 Å². The molecule has 0 bridgehead atoms. The lowest BCUT2D eigenvalue weighted by Crippen LogP contribution is -2.35. The number of nitrogens with zero attached hydrogens (tertiary/aromatic N) is 1. The van der Waals surface area contributed by atoms with Gasteiger partial charge in [-0.3, -0.25) is 4.79 Å². The molecule has 27 heavy (non-hydrogen) atoms. The van der Waals surface area contributed by atoms with Crippen LogP contribution in [0, 0.1) is 0 Å². The predicted molar refractivity (Wildman–Crippen MR) is 101 cm³/mol. The second kappa shape index (κ2) is 9.26. The van der Waals surface area contributed by atoms with E-state index in [1.54, 1.807) is 6.08 Å². The van der Waals surface area contributed by atoms with Crippen LogP contribution in [0.3, 0.4) is 0 Å². The van der Waals surface area contributed by atoms with Gasteiger partial charge in [0.25, 0.3) is 0 Å². The van der Waals surface area contributed by atoms with Crippen molar-refractivity contribution in [3.05, 3.63) is 77.9 Å². The Hall–Kier alpha value is -2.76. The summed E-state index contributed by atoms with van der Waals surface area (Å²) >= 11 is 0. The normalized spacial score (nSPS) is 15.9. The van der Waals surface area contributed by atoms with Crippen molar-refractivity contribution in [2.24, 2.45) is 0 Å². The molecule has 0 saturated carbocycles. The fourth-order valence-electron chi connectivity index (χ4n) is 3.07. The smallest absolute Gasteiger partial charge is 0.367 e. The summed E-state index contributed by atoms with van der Waals surface area (Å²) in [6.45, 7) is 6.51. The van der Waals surface area contributed by atoms with Crippen molar-refractivity contribution in [3.63, 3.8) is 0 Å². The van der Waals surface area contributed by atoms with Crippen LogP contribution in [0.15, 0.2) is 61.2 Å². The largest absolute Gasteiger partial charge is 0.416 e. The van der Waals surface area contributed by atoms with Crippen LogP contribution in [0.2, 0.25) is 0 Å². The molecule has 2 aromatic carbocycles. The van der Waals surface area contributed by atoms with E-state index in [1.165, 1.54) is 12.1 Å². The van der Waals surface area contributed by atoms with Gasteiger partial charge in [0, 0.05) is 18.8 Å². The second-order valence-electron chi connectivity index (χ2n) is 6.21. The highest BCUT2D eigenvalue weighted by molar-refractivity contribution is 5.59. The molecule has 1 amide bonds. The van der Waals surface area contributed by atoms with Crippen LogP contribution in [0.4, 0.5) is 18.9 Å². The first kappa shape index (κ1) is 20.6. The minimum absolute atomic E-state index is 0.0254. The summed E-state index contributed by atoms with van der Waals surface area (Å²) in [5.41, 5.74) is 2.21. The maximum absolute atomic E-state index is 12.6. The van der Waals surface area contributed by atoms with Gasteiger partial charge in [-0.15, -0.1) is 6.58 Å². The SMILES string of the molecule is C=CC.O=CNC1CCN(Cc2ccc(C(F)(F)F)cc2)c2ccccc21. The summed E-state index contributed by atoms with van der Waals surface area (Å²) in [4.78, 5) is 12.9. The number of carbonyl (C=O) groups is 1. The summed E-state index contributed by atoms with van der Waals surface area (Å²) in [5, 5.41) is 2.82. The fraction of sp³-hybridized carbons (Fsp3) is 0.286. The highest BCUT2D eigenvalue weighted by Crippen LogP contribution is 2.35. The van der Waals surface area contributed by atoms with E-state index >= 15 is 0 Å². The Morgan fingerprint density at radius 1 is 1.19 bits per heavy atom. The molecule has 3 rings (SSSR count). The van der Waals surface area contributed by atoms with Crippen LogP contribution >= 0.6 is 0 Å². The number of nitrogens with one attached hydrogen (secondary N) is 1. The lowest BCUT2D eigenvalue weighted by molar-refractivity contribution is -0.137. The molecule has 1 unspecified atom stereocenters. The van der Waals surface area contributed by atoms with Crippen molar-refractivity contribution in [2.75, 3.05) is 11.4 Å². The number of rotatable bonds is 4. The van der Waals surface area contributed by atoms with Gasteiger partial charge in [0.2, 0.25) is 6.41 Å². The number of carbonyl (C=O) groups excluding carboxylic acids is 1. The maximum Gasteiger partial charge on any atom is 0.416 e. The number of fused-ring (bicyclic) bond motifs is 1.